The van der Waals surface area contributed by atoms with Crippen LogP contribution in [-0.2, 0) is 19.1 Å². The zero-order valence-electron chi connectivity index (χ0n) is 16.8. The number of ether oxygens (including phenoxy) is 2. The average molecular weight is 385 g/mol. The Balaban J connectivity index is 2.09. The third-order valence-corrected chi connectivity index (χ3v) is 5.18. The molecule has 0 aromatic heterocycles. The van der Waals surface area contributed by atoms with Gasteiger partial charge >= 0.3 is 5.97 Å². The van der Waals surface area contributed by atoms with Crippen molar-refractivity contribution in [1.82, 2.24) is 5.32 Å². The highest BCUT2D eigenvalue weighted by molar-refractivity contribution is 6.04. The first-order chi connectivity index (χ1) is 13.2. The van der Waals surface area contributed by atoms with Crippen molar-refractivity contribution in [3.63, 3.8) is 0 Å². The van der Waals surface area contributed by atoms with Crippen molar-refractivity contribution >= 4 is 11.8 Å². The van der Waals surface area contributed by atoms with Gasteiger partial charge in [0.2, 0.25) is 0 Å². The minimum atomic E-state index is -0.568. The molecule has 28 heavy (non-hydrogen) atoms. The fourth-order valence-electron chi connectivity index (χ4n) is 4.04. The lowest BCUT2D eigenvalue weighted by atomic mass is 9.68. The number of Topliss-reactive ketones (excluding diaryl/α,β-unsaturated/α-hetero) is 1. The van der Waals surface area contributed by atoms with E-state index in [2.05, 4.69) is 19.2 Å². The summed E-state index contributed by atoms with van der Waals surface area (Å²) in [5.41, 5.74) is 3.05. The molecule has 0 fully saturated rings. The van der Waals surface area contributed by atoms with E-state index >= 15 is 0 Å². The van der Waals surface area contributed by atoms with E-state index < -0.39 is 11.9 Å². The number of ketones is 1. The third kappa shape index (κ3) is 3.97. The Morgan fingerprint density at radius 1 is 1.29 bits per heavy atom. The molecule has 0 saturated carbocycles. The number of methoxy groups -OCH3 is 1. The summed E-state index contributed by atoms with van der Waals surface area (Å²) in [6.45, 7) is 6.37. The molecule has 0 saturated heterocycles. The SMILES string of the molecule is COCCOC(=O)C1=C(C)NC2=C(C(=O)CC(C)(C)C2)[C@@H]1c1cccc(O)c1. The topological polar surface area (TPSA) is 84.9 Å². The zero-order chi connectivity index (χ0) is 20.5. The second-order valence-corrected chi connectivity index (χ2v) is 8.15. The van der Waals surface area contributed by atoms with Crippen LogP contribution in [0.1, 0.15) is 45.1 Å². The maximum Gasteiger partial charge on any atom is 0.336 e. The Labute approximate surface area is 165 Å². The minimum Gasteiger partial charge on any atom is -0.508 e. The fraction of sp³-hybridized carbons (Fsp3) is 0.455. The number of esters is 1. The van der Waals surface area contributed by atoms with Crippen molar-refractivity contribution in [3.05, 3.63) is 52.4 Å². The molecule has 1 aromatic rings. The quantitative estimate of drug-likeness (QED) is 0.598. The van der Waals surface area contributed by atoms with Crippen LogP contribution >= 0.6 is 0 Å². The van der Waals surface area contributed by atoms with Gasteiger partial charge in [-0.1, -0.05) is 26.0 Å². The summed E-state index contributed by atoms with van der Waals surface area (Å²) >= 11 is 0. The van der Waals surface area contributed by atoms with Crippen molar-refractivity contribution in [2.75, 3.05) is 20.3 Å². The van der Waals surface area contributed by atoms with Gasteiger partial charge in [-0.15, -0.1) is 0 Å². The zero-order valence-corrected chi connectivity index (χ0v) is 16.8. The molecule has 1 atom stereocenters. The number of carbonyl (C=O) groups is 2. The van der Waals surface area contributed by atoms with Crippen molar-refractivity contribution < 1.29 is 24.2 Å². The van der Waals surface area contributed by atoms with Crippen LogP contribution in [0.3, 0.4) is 0 Å². The van der Waals surface area contributed by atoms with Crippen molar-refractivity contribution in [2.24, 2.45) is 5.41 Å². The van der Waals surface area contributed by atoms with Gasteiger partial charge in [0.15, 0.2) is 5.78 Å². The number of rotatable bonds is 5. The number of allylic oxidation sites excluding steroid dienone is 3. The molecule has 6 nitrogen and oxygen atoms in total. The second kappa shape index (κ2) is 7.80. The Bertz CT molecular complexity index is 865. The van der Waals surface area contributed by atoms with E-state index in [1.165, 1.54) is 7.11 Å². The summed E-state index contributed by atoms with van der Waals surface area (Å²) in [7, 11) is 1.54. The first-order valence-electron chi connectivity index (χ1n) is 9.42. The van der Waals surface area contributed by atoms with E-state index in [9.17, 15) is 14.7 Å². The van der Waals surface area contributed by atoms with E-state index in [-0.39, 0.29) is 23.6 Å². The lowest BCUT2D eigenvalue weighted by Gasteiger charge is -2.39. The summed E-state index contributed by atoms with van der Waals surface area (Å²) in [4.78, 5) is 26.0. The normalized spacial score (nSPS) is 21.3. The maximum atomic E-state index is 13.1. The maximum absolute atomic E-state index is 13.1. The highest BCUT2D eigenvalue weighted by atomic mass is 16.6. The van der Waals surface area contributed by atoms with E-state index in [1.54, 1.807) is 18.2 Å². The van der Waals surface area contributed by atoms with Crippen LogP contribution in [0.2, 0.25) is 0 Å². The van der Waals surface area contributed by atoms with Gasteiger partial charge in [0.1, 0.15) is 12.4 Å². The van der Waals surface area contributed by atoms with Gasteiger partial charge in [-0.05, 0) is 36.5 Å². The van der Waals surface area contributed by atoms with E-state index in [1.807, 2.05) is 13.0 Å². The molecule has 150 valence electrons. The number of phenolic OH excluding ortho intramolecular Hbond substituents is 1. The summed E-state index contributed by atoms with van der Waals surface area (Å²) in [6.07, 6.45) is 1.13. The lowest BCUT2D eigenvalue weighted by Crippen LogP contribution is -2.38. The summed E-state index contributed by atoms with van der Waals surface area (Å²) < 4.78 is 10.3. The smallest absolute Gasteiger partial charge is 0.336 e. The molecule has 0 bridgehead atoms. The molecule has 0 radical (unpaired) electrons. The Morgan fingerprint density at radius 3 is 2.71 bits per heavy atom. The van der Waals surface area contributed by atoms with Gasteiger partial charge in [0.05, 0.1) is 12.2 Å². The van der Waals surface area contributed by atoms with Crippen molar-refractivity contribution in [1.29, 1.82) is 0 Å². The van der Waals surface area contributed by atoms with E-state index in [0.717, 1.165) is 5.70 Å². The van der Waals surface area contributed by atoms with Crippen LogP contribution in [0, 0.1) is 5.41 Å². The molecule has 1 aliphatic carbocycles. The van der Waals surface area contributed by atoms with Gasteiger partial charge in [-0.2, -0.15) is 0 Å². The van der Waals surface area contributed by atoms with Crippen molar-refractivity contribution in [3.8, 4) is 5.75 Å². The fourth-order valence-corrected chi connectivity index (χ4v) is 4.04. The van der Waals surface area contributed by atoms with E-state index in [4.69, 9.17) is 9.47 Å². The Hall–Kier alpha value is -2.60. The Kier molecular flexibility index (Phi) is 5.61. The molecule has 1 aliphatic heterocycles. The summed E-state index contributed by atoms with van der Waals surface area (Å²) in [5, 5.41) is 13.3. The first-order valence-corrected chi connectivity index (χ1v) is 9.42. The monoisotopic (exact) mass is 385 g/mol. The number of carbonyl (C=O) groups excluding carboxylic acids is 2. The molecule has 0 unspecified atom stereocenters. The highest BCUT2D eigenvalue weighted by Crippen LogP contribution is 2.47. The number of benzene rings is 1. The van der Waals surface area contributed by atoms with Crippen molar-refractivity contribution in [2.45, 2.75) is 39.5 Å². The number of aromatic hydroxyl groups is 1. The van der Waals surface area contributed by atoms with Gasteiger partial charge < -0.3 is 19.9 Å². The molecular formula is C22H27NO5. The van der Waals surface area contributed by atoms with Crippen LogP contribution in [0.25, 0.3) is 0 Å². The van der Waals surface area contributed by atoms with Crippen LogP contribution in [0.5, 0.6) is 5.75 Å². The third-order valence-electron chi connectivity index (χ3n) is 5.18. The number of phenols is 1. The predicted octanol–water partition coefficient (Wildman–Crippen LogP) is 3.19. The van der Waals surface area contributed by atoms with Gasteiger partial charge in [-0.3, -0.25) is 4.79 Å². The summed E-state index contributed by atoms with van der Waals surface area (Å²) in [6, 6.07) is 6.71. The van der Waals surface area contributed by atoms with Crippen LogP contribution < -0.4 is 5.32 Å². The predicted molar refractivity (Wildman–Crippen MR) is 105 cm³/mol. The minimum absolute atomic E-state index is 0.0155. The molecule has 2 N–H and O–H groups in total. The molecule has 1 aromatic carbocycles. The molecule has 2 aliphatic rings. The number of nitrogens with one attached hydrogen (secondary N) is 1. The van der Waals surface area contributed by atoms with Gasteiger partial charge in [0, 0.05) is 36.4 Å². The highest BCUT2D eigenvalue weighted by Gasteiger charge is 2.43. The number of dihydropyridines is 1. The lowest BCUT2D eigenvalue weighted by molar-refractivity contribution is -0.140. The molecule has 0 amide bonds. The summed E-state index contributed by atoms with van der Waals surface area (Å²) in [5.74, 6) is -0.949. The largest absolute Gasteiger partial charge is 0.508 e. The van der Waals surface area contributed by atoms with Gasteiger partial charge in [0.25, 0.3) is 0 Å². The van der Waals surface area contributed by atoms with Crippen LogP contribution in [0.15, 0.2) is 46.8 Å². The standard InChI is InChI=1S/C22H27NO5/c1-13-18(21(26)28-9-8-27-4)19(14-6-5-7-15(24)10-14)20-16(23-13)11-22(2,3)12-17(20)25/h5-7,10,19,23-24H,8-9,11-12H2,1-4H3/t19-/m1/s1. The number of hydrogen-bond acceptors (Lipinski definition) is 6. The number of hydrogen-bond donors (Lipinski definition) is 2. The van der Waals surface area contributed by atoms with Crippen LogP contribution in [-0.4, -0.2) is 37.2 Å². The molecule has 6 heteroatoms. The Morgan fingerprint density at radius 2 is 2.04 bits per heavy atom. The van der Waals surface area contributed by atoms with E-state index in [0.29, 0.717) is 41.9 Å². The molecule has 3 rings (SSSR count). The van der Waals surface area contributed by atoms with Crippen LogP contribution in [0.4, 0.5) is 0 Å². The first kappa shape index (κ1) is 20.1. The average Bonchev–Trinajstić information content (AvgIpc) is 2.59. The second-order valence-electron chi connectivity index (χ2n) is 8.15. The molecule has 0 spiro atoms. The molecule has 1 heterocycles. The van der Waals surface area contributed by atoms with Gasteiger partial charge in [-0.25, -0.2) is 4.79 Å². The molecular weight excluding hydrogens is 358 g/mol.